The van der Waals surface area contributed by atoms with Crippen LogP contribution in [0.5, 0.6) is 17.2 Å². The van der Waals surface area contributed by atoms with E-state index in [0.29, 0.717) is 0 Å². The minimum Gasteiger partial charge on any atom is -0.507 e. The number of hydrogen-bond donors (Lipinski definition) is 7. The number of nitrogens with one attached hydrogen (secondary N) is 1. The molecule has 0 saturated carbocycles. The van der Waals surface area contributed by atoms with Gasteiger partial charge in [-0.3, -0.25) is 9.09 Å². The van der Waals surface area contributed by atoms with Gasteiger partial charge in [0.2, 0.25) is 0 Å². The first-order valence-electron chi connectivity index (χ1n) is 9.81. The van der Waals surface area contributed by atoms with Crippen LogP contribution in [0.4, 0.5) is 5.82 Å². The van der Waals surface area contributed by atoms with Crippen LogP contribution in [0.3, 0.4) is 0 Å². The summed E-state index contributed by atoms with van der Waals surface area (Å²) < 4.78 is 27.2. The van der Waals surface area contributed by atoms with Crippen LogP contribution in [0.2, 0.25) is 0 Å². The summed E-state index contributed by atoms with van der Waals surface area (Å²) >= 11 is 0. The number of aliphatic hydroxyl groups is 2. The van der Waals surface area contributed by atoms with Crippen molar-refractivity contribution in [3.05, 3.63) is 30.4 Å². The number of rotatable bonds is 8. The van der Waals surface area contributed by atoms with Crippen LogP contribution in [0.25, 0.3) is 11.2 Å². The number of phenols is 2. The Morgan fingerprint density at radius 1 is 1.15 bits per heavy atom. The van der Waals surface area contributed by atoms with Gasteiger partial charge in [-0.2, -0.15) is 0 Å². The van der Waals surface area contributed by atoms with Gasteiger partial charge in [-0.1, -0.05) is 0 Å². The van der Waals surface area contributed by atoms with Gasteiger partial charge < -0.3 is 45.0 Å². The first-order chi connectivity index (χ1) is 16.1. The lowest BCUT2D eigenvalue weighted by Gasteiger charge is -2.16. The van der Waals surface area contributed by atoms with E-state index in [0.717, 1.165) is 0 Å². The van der Waals surface area contributed by atoms with Crippen molar-refractivity contribution in [1.29, 1.82) is 0 Å². The number of ether oxygens (including phenoxy) is 2. The van der Waals surface area contributed by atoms with Crippen LogP contribution in [-0.4, -0.2) is 81.8 Å². The molecule has 2 aromatic heterocycles. The lowest BCUT2D eigenvalue weighted by atomic mass is 10.1. The van der Waals surface area contributed by atoms with Crippen molar-refractivity contribution < 1.29 is 48.8 Å². The number of nitrogens with zero attached hydrogens (tertiary/aromatic N) is 4. The summed E-state index contributed by atoms with van der Waals surface area (Å²) in [6.45, 7) is -0.675. The summed E-state index contributed by atoms with van der Waals surface area (Å²) in [5.41, 5.74) is 0.668. The number of phosphoric acid groups is 1. The van der Waals surface area contributed by atoms with E-state index in [4.69, 9.17) is 19.3 Å². The quantitative estimate of drug-likeness (QED) is 0.196. The van der Waals surface area contributed by atoms with Crippen molar-refractivity contribution in [2.24, 2.45) is 0 Å². The molecule has 184 valence electrons. The van der Waals surface area contributed by atoms with Crippen LogP contribution in [0.15, 0.2) is 24.8 Å². The number of aromatic nitrogens is 4. The Morgan fingerprint density at radius 2 is 1.85 bits per heavy atom. The van der Waals surface area contributed by atoms with Crippen LogP contribution in [-0.2, 0) is 20.4 Å². The fraction of sp³-hybridized carbons (Fsp3) is 0.389. The molecule has 15 nitrogen and oxygen atoms in total. The molecule has 3 heterocycles. The lowest BCUT2D eigenvalue weighted by molar-refractivity contribution is -0.0504. The second-order valence-corrected chi connectivity index (χ2v) is 8.62. The molecular formula is C18H22N5O10P. The van der Waals surface area contributed by atoms with Gasteiger partial charge >= 0.3 is 7.82 Å². The van der Waals surface area contributed by atoms with Gasteiger partial charge in [0, 0.05) is 18.7 Å². The van der Waals surface area contributed by atoms with E-state index in [1.807, 2.05) is 0 Å². The predicted molar refractivity (Wildman–Crippen MR) is 113 cm³/mol. The average molecular weight is 499 g/mol. The van der Waals surface area contributed by atoms with E-state index in [1.165, 1.54) is 36.5 Å². The number of aromatic hydroxyl groups is 2. The van der Waals surface area contributed by atoms with Crippen LogP contribution in [0, 0.1) is 0 Å². The SMILES string of the molecule is COc1cc(O)c(CNc2ncnc3c2ncn3[C@@H]2O[C@H](COP(=O)(O)O)[C@@H](O)[C@H]2O)c(O)c1. The Labute approximate surface area is 191 Å². The first kappa shape index (κ1) is 24.1. The molecule has 1 aliphatic heterocycles. The molecule has 0 aliphatic carbocycles. The van der Waals surface area contributed by atoms with Crippen molar-refractivity contribution in [1.82, 2.24) is 19.5 Å². The highest BCUT2D eigenvalue weighted by Gasteiger charge is 2.45. The van der Waals surface area contributed by atoms with Crippen molar-refractivity contribution in [2.45, 2.75) is 31.1 Å². The highest BCUT2D eigenvalue weighted by Crippen LogP contribution is 2.39. The summed E-state index contributed by atoms with van der Waals surface area (Å²) in [5.74, 6) is 0.136. The Balaban J connectivity index is 1.55. The van der Waals surface area contributed by atoms with Gasteiger partial charge in [0.15, 0.2) is 23.2 Å². The number of phosphoric ester groups is 1. The second kappa shape index (κ2) is 9.31. The topological polar surface area (TPSA) is 222 Å². The van der Waals surface area contributed by atoms with E-state index < -0.39 is 39.0 Å². The Hall–Kier alpha value is -3.04. The third-order valence-corrected chi connectivity index (χ3v) is 5.71. The lowest BCUT2D eigenvalue weighted by Crippen LogP contribution is -2.33. The fourth-order valence-electron chi connectivity index (χ4n) is 3.52. The molecule has 1 aliphatic rings. The number of hydrogen-bond acceptors (Lipinski definition) is 12. The summed E-state index contributed by atoms with van der Waals surface area (Å²) in [6, 6.07) is 2.69. The molecule has 1 aromatic carbocycles. The summed E-state index contributed by atoms with van der Waals surface area (Å²) in [4.78, 5) is 30.2. The van der Waals surface area contributed by atoms with Gasteiger partial charge in [-0.15, -0.1) is 0 Å². The van der Waals surface area contributed by atoms with Crippen LogP contribution >= 0.6 is 7.82 Å². The zero-order valence-corrected chi connectivity index (χ0v) is 18.5. The largest absolute Gasteiger partial charge is 0.507 e. The highest BCUT2D eigenvalue weighted by molar-refractivity contribution is 7.46. The van der Waals surface area contributed by atoms with Crippen LogP contribution < -0.4 is 10.1 Å². The van der Waals surface area contributed by atoms with Crippen molar-refractivity contribution >= 4 is 24.8 Å². The smallest absolute Gasteiger partial charge is 0.469 e. The molecule has 3 aromatic rings. The number of benzene rings is 1. The Morgan fingerprint density at radius 3 is 2.50 bits per heavy atom. The van der Waals surface area contributed by atoms with Crippen molar-refractivity contribution in [2.75, 3.05) is 19.0 Å². The fourth-order valence-corrected chi connectivity index (χ4v) is 3.86. The van der Waals surface area contributed by atoms with Gasteiger partial charge in [0.05, 0.1) is 25.6 Å². The highest BCUT2D eigenvalue weighted by atomic mass is 31.2. The summed E-state index contributed by atoms with van der Waals surface area (Å²) in [5, 5.41) is 43.9. The number of imidazole rings is 1. The summed E-state index contributed by atoms with van der Waals surface area (Å²) in [7, 11) is -3.40. The van der Waals surface area contributed by atoms with Crippen LogP contribution in [0.1, 0.15) is 11.8 Å². The third kappa shape index (κ3) is 4.76. The van der Waals surface area contributed by atoms with Gasteiger partial charge in [-0.25, -0.2) is 19.5 Å². The van der Waals surface area contributed by atoms with Gasteiger partial charge in [-0.05, 0) is 0 Å². The molecule has 0 spiro atoms. The minimum absolute atomic E-state index is 0.0241. The Kier molecular flexibility index (Phi) is 6.60. The number of fused-ring (bicyclic) bond motifs is 1. The van der Waals surface area contributed by atoms with E-state index in [9.17, 15) is 25.0 Å². The molecule has 0 unspecified atom stereocenters. The summed E-state index contributed by atoms with van der Waals surface area (Å²) in [6.07, 6.45) is -2.85. The standard InChI is InChI=1S/C18H22N5O10P/c1-31-8-2-10(24)9(11(25)3-8)4-19-16-13-17(21-6-20-16)23(7-22-13)18-15(27)14(26)12(33-18)5-32-34(28,29)30/h2-3,6-7,12,14-15,18,24-27H,4-5H2,1H3,(H,19,20,21)(H2,28,29,30)/t12-,14-,15-,18-/m1/s1. The first-order valence-corrected chi connectivity index (χ1v) is 11.3. The van der Waals surface area contributed by atoms with Gasteiger partial charge in [0.1, 0.15) is 41.9 Å². The zero-order valence-electron chi connectivity index (χ0n) is 17.6. The number of anilines is 1. The number of methoxy groups -OCH3 is 1. The molecule has 0 bridgehead atoms. The molecule has 4 rings (SSSR count). The molecule has 1 fully saturated rings. The third-order valence-electron chi connectivity index (χ3n) is 5.22. The maximum atomic E-state index is 10.9. The maximum Gasteiger partial charge on any atom is 0.469 e. The molecule has 4 atom stereocenters. The molecular weight excluding hydrogens is 477 g/mol. The molecule has 1 saturated heterocycles. The van der Waals surface area contributed by atoms with Gasteiger partial charge in [0.25, 0.3) is 0 Å². The molecule has 0 amide bonds. The monoisotopic (exact) mass is 499 g/mol. The number of phenolic OH excluding ortho intramolecular Hbond substituents is 2. The number of aliphatic hydroxyl groups excluding tert-OH is 2. The van der Waals surface area contributed by atoms with E-state index >= 15 is 0 Å². The normalized spacial score (nSPS) is 22.9. The average Bonchev–Trinajstić information content (AvgIpc) is 3.32. The van der Waals surface area contributed by atoms with E-state index in [1.54, 1.807) is 0 Å². The second-order valence-electron chi connectivity index (χ2n) is 7.38. The molecule has 0 radical (unpaired) electrons. The molecule has 7 N–H and O–H groups in total. The predicted octanol–water partition coefficient (Wildman–Crippen LogP) is -0.413. The molecule has 16 heteroatoms. The van der Waals surface area contributed by atoms with Crippen molar-refractivity contribution in [3.8, 4) is 17.2 Å². The van der Waals surface area contributed by atoms with Crippen molar-refractivity contribution in [3.63, 3.8) is 0 Å². The van der Waals surface area contributed by atoms with E-state index in [-0.39, 0.29) is 46.3 Å². The minimum atomic E-state index is -4.80. The van der Waals surface area contributed by atoms with E-state index in [2.05, 4.69) is 24.8 Å². The molecule has 34 heavy (non-hydrogen) atoms. The maximum absolute atomic E-state index is 10.9. The Bertz CT molecular complexity index is 1210. The zero-order chi connectivity index (χ0) is 24.6.